The molecule has 0 aliphatic carbocycles. The minimum Gasteiger partial charge on any atom is -0.378 e. The number of aromatic nitrogens is 3. The summed E-state index contributed by atoms with van der Waals surface area (Å²) in [6.45, 7) is 3.60. The highest BCUT2D eigenvalue weighted by atomic mass is 16.5. The van der Waals surface area contributed by atoms with Crippen molar-refractivity contribution in [3.8, 4) is 0 Å². The van der Waals surface area contributed by atoms with Gasteiger partial charge in [0.1, 0.15) is 5.82 Å². The average molecular weight is 364 g/mol. The first-order valence-corrected chi connectivity index (χ1v) is 9.27. The van der Waals surface area contributed by atoms with Crippen LogP contribution in [0.15, 0.2) is 48.8 Å². The van der Waals surface area contributed by atoms with Crippen LogP contribution in [0.25, 0.3) is 10.9 Å². The summed E-state index contributed by atoms with van der Waals surface area (Å²) in [6.07, 6.45) is 4.35. The number of nitrogens with zero attached hydrogens (tertiary/aromatic N) is 4. The zero-order valence-corrected chi connectivity index (χ0v) is 15.2. The Morgan fingerprint density at radius 3 is 2.74 bits per heavy atom. The number of rotatable bonds is 6. The summed E-state index contributed by atoms with van der Waals surface area (Å²) < 4.78 is 5.43. The Morgan fingerprint density at radius 1 is 1.11 bits per heavy atom. The molecule has 0 spiro atoms. The zero-order chi connectivity index (χ0) is 18.5. The van der Waals surface area contributed by atoms with Crippen molar-refractivity contribution in [1.29, 1.82) is 0 Å². The molecular weight excluding hydrogens is 340 g/mol. The Bertz CT molecular complexity index is 882. The van der Waals surface area contributed by atoms with Gasteiger partial charge in [-0.1, -0.05) is 30.3 Å². The third-order valence-electron chi connectivity index (χ3n) is 4.65. The molecular formula is C20H24N6O. The number of ether oxygens (including phenoxy) is 1. The van der Waals surface area contributed by atoms with Crippen molar-refractivity contribution in [2.75, 3.05) is 43.1 Å². The van der Waals surface area contributed by atoms with Crippen molar-refractivity contribution in [1.82, 2.24) is 15.0 Å². The number of fused-ring (bicyclic) bond motifs is 1. The Kier molecular flexibility index (Phi) is 5.41. The summed E-state index contributed by atoms with van der Waals surface area (Å²) in [6, 6.07) is 12.2. The fourth-order valence-electron chi connectivity index (χ4n) is 3.22. The number of nitrogens with one attached hydrogen (secondary N) is 1. The lowest BCUT2D eigenvalue weighted by molar-refractivity contribution is 0.122. The molecule has 3 aromatic rings. The molecule has 0 unspecified atom stereocenters. The topological polar surface area (TPSA) is 89.2 Å². The second kappa shape index (κ2) is 8.28. The van der Waals surface area contributed by atoms with E-state index in [1.807, 2.05) is 24.3 Å². The van der Waals surface area contributed by atoms with Crippen LogP contribution in [-0.2, 0) is 11.2 Å². The van der Waals surface area contributed by atoms with Crippen LogP contribution < -0.4 is 16.0 Å². The molecule has 3 N–H and O–H groups in total. The van der Waals surface area contributed by atoms with Crippen molar-refractivity contribution in [3.63, 3.8) is 0 Å². The predicted molar refractivity (Wildman–Crippen MR) is 107 cm³/mol. The lowest BCUT2D eigenvalue weighted by atomic mass is 10.1. The van der Waals surface area contributed by atoms with Crippen LogP contribution in [0.1, 0.15) is 5.56 Å². The monoisotopic (exact) mass is 364 g/mol. The molecule has 27 heavy (non-hydrogen) atoms. The second-order valence-electron chi connectivity index (χ2n) is 6.70. The molecule has 3 heterocycles. The van der Waals surface area contributed by atoms with E-state index in [2.05, 4.69) is 32.3 Å². The van der Waals surface area contributed by atoms with Crippen LogP contribution in [0.2, 0.25) is 0 Å². The van der Waals surface area contributed by atoms with Crippen molar-refractivity contribution in [2.24, 2.45) is 5.73 Å². The summed E-state index contributed by atoms with van der Waals surface area (Å²) in [5.41, 5.74) is 8.39. The third-order valence-corrected chi connectivity index (χ3v) is 4.65. The quantitative estimate of drug-likeness (QED) is 0.690. The molecule has 1 saturated heterocycles. The average Bonchev–Trinajstić information content (AvgIpc) is 2.73. The standard InChI is InChI=1S/C20H24N6O/c21-16(12-15-4-2-1-3-5-15)13-23-19-17-6-7-22-14-18(17)24-20(25-19)26-8-10-27-11-9-26/h1-7,14,16H,8-13,21H2,(H,23,24,25)/t16-/m0/s1. The van der Waals surface area contributed by atoms with E-state index in [0.717, 1.165) is 36.2 Å². The van der Waals surface area contributed by atoms with Crippen molar-refractivity contribution in [3.05, 3.63) is 54.4 Å². The van der Waals surface area contributed by atoms with E-state index in [1.165, 1.54) is 5.56 Å². The maximum Gasteiger partial charge on any atom is 0.228 e. The Labute approximate surface area is 158 Å². The number of hydrogen-bond acceptors (Lipinski definition) is 7. The maximum absolute atomic E-state index is 6.33. The van der Waals surface area contributed by atoms with Gasteiger partial charge in [-0.25, -0.2) is 4.98 Å². The smallest absolute Gasteiger partial charge is 0.228 e. The van der Waals surface area contributed by atoms with Crippen LogP contribution in [-0.4, -0.2) is 53.8 Å². The van der Waals surface area contributed by atoms with Crippen molar-refractivity contribution >= 4 is 22.7 Å². The normalized spacial score (nSPS) is 15.7. The van der Waals surface area contributed by atoms with Crippen LogP contribution in [0.4, 0.5) is 11.8 Å². The molecule has 0 amide bonds. The summed E-state index contributed by atoms with van der Waals surface area (Å²) >= 11 is 0. The predicted octanol–water partition coefficient (Wildman–Crippen LogP) is 1.84. The van der Waals surface area contributed by atoms with E-state index >= 15 is 0 Å². The molecule has 1 fully saturated rings. The van der Waals surface area contributed by atoms with Gasteiger partial charge in [0.25, 0.3) is 0 Å². The molecule has 1 aliphatic rings. The molecule has 1 aliphatic heterocycles. The van der Waals surface area contributed by atoms with Gasteiger partial charge in [0.15, 0.2) is 0 Å². The summed E-state index contributed by atoms with van der Waals surface area (Å²) in [4.78, 5) is 15.8. The molecule has 7 heteroatoms. The zero-order valence-electron chi connectivity index (χ0n) is 15.2. The van der Waals surface area contributed by atoms with Gasteiger partial charge < -0.3 is 20.7 Å². The first-order valence-electron chi connectivity index (χ1n) is 9.27. The van der Waals surface area contributed by atoms with Crippen molar-refractivity contribution in [2.45, 2.75) is 12.5 Å². The number of anilines is 2. The minimum absolute atomic E-state index is 0.00825. The second-order valence-corrected chi connectivity index (χ2v) is 6.70. The molecule has 0 radical (unpaired) electrons. The number of pyridine rings is 1. The highest BCUT2D eigenvalue weighted by Gasteiger charge is 2.17. The molecule has 0 saturated carbocycles. The van der Waals surface area contributed by atoms with Crippen LogP contribution in [0.5, 0.6) is 0 Å². The van der Waals surface area contributed by atoms with Gasteiger partial charge in [0.05, 0.1) is 24.9 Å². The molecule has 0 bridgehead atoms. The van der Waals surface area contributed by atoms with Gasteiger partial charge in [-0.05, 0) is 18.1 Å². The van der Waals surface area contributed by atoms with Crippen LogP contribution in [0.3, 0.4) is 0 Å². The van der Waals surface area contributed by atoms with Crippen molar-refractivity contribution < 1.29 is 4.74 Å². The van der Waals surface area contributed by atoms with E-state index in [9.17, 15) is 0 Å². The SMILES string of the molecule is N[C@H](CNc1nc(N2CCOCC2)nc2cnccc12)Cc1ccccc1. The van der Waals surface area contributed by atoms with E-state index in [1.54, 1.807) is 12.4 Å². The number of nitrogens with two attached hydrogens (primary N) is 1. The molecule has 1 atom stereocenters. The first kappa shape index (κ1) is 17.6. The number of benzene rings is 1. The van der Waals surface area contributed by atoms with Crippen LogP contribution >= 0.6 is 0 Å². The van der Waals surface area contributed by atoms with Gasteiger partial charge >= 0.3 is 0 Å². The largest absolute Gasteiger partial charge is 0.378 e. The lowest BCUT2D eigenvalue weighted by Gasteiger charge is -2.27. The molecule has 2 aromatic heterocycles. The summed E-state index contributed by atoms with van der Waals surface area (Å²) in [7, 11) is 0. The molecule has 140 valence electrons. The highest BCUT2D eigenvalue weighted by molar-refractivity contribution is 5.89. The summed E-state index contributed by atoms with van der Waals surface area (Å²) in [5, 5.41) is 4.38. The Balaban J connectivity index is 1.52. The molecule has 1 aromatic carbocycles. The minimum atomic E-state index is -0.00825. The van der Waals surface area contributed by atoms with E-state index in [4.69, 9.17) is 15.5 Å². The fraction of sp³-hybridized carbons (Fsp3) is 0.350. The highest BCUT2D eigenvalue weighted by Crippen LogP contribution is 2.23. The molecule has 7 nitrogen and oxygen atoms in total. The van der Waals surface area contributed by atoms with Gasteiger partial charge in [-0.3, -0.25) is 4.98 Å². The third kappa shape index (κ3) is 4.32. The van der Waals surface area contributed by atoms with Gasteiger partial charge in [-0.2, -0.15) is 4.98 Å². The van der Waals surface area contributed by atoms with E-state index in [-0.39, 0.29) is 6.04 Å². The van der Waals surface area contributed by atoms with E-state index < -0.39 is 0 Å². The van der Waals surface area contributed by atoms with Gasteiger partial charge in [0.2, 0.25) is 5.95 Å². The van der Waals surface area contributed by atoms with Gasteiger partial charge in [0, 0.05) is 37.3 Å². The molecule has 4 rings (SSSR count). The Morgan fingerprint density at radius 2 is 1.93 bits per heavy atom. The lowest BCUT2D eigenvalue weighted by Crippen LogP contribution is -2.37. The number of hydrogen-bond donors (Lipinski definition) is 2. The van der Waals surface area contributed by atoms with E-state index in [0.29, 0.717) is 25.7 Å². The number of morpholine rings is 1. The summed E-state index contributed by atoms with van der Waals surface area (Å²) in [5.74, 6) is 1.50. The maximum atomic E-state index is 6.33. The fourth-order valence-corrected chi connectivity index (χ4v) is 3.22. The van der Waals surface area contributed by atoms with Crippen LogP contribution in [0, 0.1) is 0 Å². The Hall–Kier alpha value is -2.77. The van der Waals surface area contributed by atoms with Gasteiger partial charge in [-0.15, -0.1) is 0 Å². The first-order chi connectivity index (χ1) is 13.3.